The minimum Gasteiger partial charge on any atom is -0.341 e. The van der Waals surface area contributed by atoms with Crippen molar-refractivity contribution in [3.05, 3.63) is 76.6 Å². The molecular weight excluding hydrogens is 360 g/mol. The van der Waals surface area contributed by atoms with E-state index >= 15 is 0 Å². The molecular formula is C24H26N4O. The average Bonchev–Trinajstić information content (AvgIpc) is 3.08. The second-order valence-corrected chi connectivity index (χ2v) is 7.75. The van der Waals surface area contributed by atoms with Gasteiger partial charge in [-0.15, -0.1) is 0 Å². The maximum atomic E-state index is 12.7. The molecule has 0 aliphatic carbocycles. The van der Waals surface area contributed by atoms with E-state index in [4.69, 9.17) is 10.1 Å². The molecule has 0 bridgehead atoms. The lowest BCUT2D eigenvalue weighted by Gasteiger charge is -2.18. The highest BCUT2D eigenvalue weighted by Gasteiger charge is 2.16. The Morgan fingerprint density at radius 1 is 1.03 bits per heavy atom. The molecule has 5 heteroatoms. The van der Waals surface area contributed by atoms with Gasteiger partial charge in [0.1, 0.15) is 0 Å². The Balaban J connectivity index is 1.52. The zero-order valence-corrected chi connectivity index (χ0v) is 17.4. The fourth-order valence-corrected chi connectivity index (χ4v) is 3.82. The predicted molar refractivity (Wildman–Crippen MR) is 116 cm³/mol. The highest BCUT2D eigenvalue weighted by molar-refractivity contribution is 5.92. The largest absolute Gasteiger partial charge is 0.341 e. The summed E-state index contributed by atoms with van der Waals surface area (Å²) in [6, 6.07) is 16.4. The van der Waals surface area contributed by atoms with E-state index in [0.717, 1.165) is 39.1 Å². The molecule has 0 aliphatic heterocycles. The zero-order chi connectivity index (χ0) is 20.5. The Bertz CT molecular complexity index is 1190. The fourth-order valence-electron chi connectivity index (χ4n) is 3.82. The highest BCUT2D eigenvalue weighted by Crippen LogP contribution is 2.23. The van der Waals surface area contributed by atoms with Crippen molar-refractivity contribution in [2.75, 3.05) is 7.05 Å². The molecule has 0 unspecified atom stereocenters. The molecule has 0 saturated heterocycles. The van der Waals surface area contributed by atoms with Crippen molar-refractivity contribution in [3.63, 3.8) is 0 Å². The summed E-state index contributed by atoms with van der Waals surface area (Å²) in [5.74, 6) is 0.134. The molecule has 29 heavy (non-hydrogen) atoms. The van der Waals surface area contributed by atoms with Crippen molar-refractivity contribution < 1.29 is 4.79 Å². The Labute approximate surface area is 171 Å². The van der Waals surface area contributed by atoms with Crippen molar-refractivity contribution in [1.82, 2.24) is 19.5 Å². The van der Waals surface area contributed by atoms with Gasteiger partial charge in [-0.3, -0.25) is 4.79 Å². The first kappa shape index (κ1) is 19.1. The number of hydrogen-bond acceptors (Lipinski definition) is 3. The van der Waals surface area contributed by atoms with E-state index in [1.54, 1.807) is 4.90 Å². The molecule has 2 aromatic heterocycles. The second kappa shape index (κ2) is 7.66. The molecule has 0 spiro atoms. The minimum absolute atomic E-state index is 0.134. The van der Waals surface area contributed by atoms with Gasteiger partial charge in [-0.05, 0) is 50.5 Å². The van der Waals surface area contributed by atoms with Gasteiger partial charge in [0, 0.05) is 36.8 Å². The van der Waals surface area contributed by atoms with E-state index in [1.165, 1.54) is 5.56 Å². The number of hydrogen-bond donors (Lipinski definition) is 0. The number of fused-ring (bicyclic) bond motifs is 3. The van der Waals surface area contributed by atoms with E-state index in [-0.39, 0.29) is 5.91 Å². The van der Waals surface area contributed by atoms with Crippen LogP contribution >= 0.6 is 0 Å². The summed E-state index contributed by atoms with van der Waals surface area (Å²) < 4.78 is 1.91. The molecule has 0 radical (unpaired) electrons. The Morgan fingerprint density at radius 3 is 2.52 bits per heavy atom. The van der Waals surface area contributed by atoms with Gasteiger partial charge in [-0.25, -0.2) is 9.50 Å². The number of nitrogens with zero attached hydrogens (tertiary/aromatic N) is 4. The molecule has 2 heterocycles. The Morgan fingerprint density at radius 2 is 1.76 bits per heavy atom. The van der Waals surface area contributed by atoms with Crippen LogP contribution in [0.5, 0.6) is 0 Å². The molecule has 1 amide bonds. The molecule has 2 aromatic carbocycles. The summed E-state index contributed by atoms with van der Waals surface area (Å²) in [4.78, 5) is 19.3. The molecule has 0 N–H and O–H groups in total. The molecule has 0 aliphatic rings. The van der Waals surface area contributed by atoms with Crippen molar-refractivity contribution in [2.45, 2.75) is 40.2 Å². The molecule has 0 atom stereocenters. The van der Waals surface area contributed by atoms with Crippen LogP contribution in [0.3, 0.4) is 0 Å². The van der Waals surface area contributed by atoms with E-state index in [1.807, 2.05) is 42.8 Å². The number of amides is 1. The number of aromatic nitrogens is 3. The fraction of sp³-hybridized carbons (Fsp3) is 0.292. The quantitative estimate of drug-likeness (QED) is 0.511. The van der Waals surface area contributed by atoms with Gasteiger partial charge in [0.15, 0.2) is 5.65 Å². The summed E-state index contributed by atoms with van der Waals surface area (Å²) in [5, 5.41) is 5.76. The molecule has 4 aromatic rings. The van der Waals surface area contributed by atoms with Crippen LogP contribution in [0.25, 0.3) is 16.6 Å². The van der Waals surface area contributed by atoms with Crippen molar-refractivity contribution in [3.8, 4) is 0 Å². The number of carbonyl (C=O) groups excluding carboxylic acids is 1. The lowest BCUT2D eigenvalue weighted by molar-refractivity contribution is -0.130. The van der Waals surface area contributed by atoms with Crippen LogP contribution in [0.15, 0.2) is 48.5 Å². The third-order valence-electron chi connectivity index (χ3n) is 5.57. The summed E-state index contributed by atoms with van der Waals surface area (Å²) in [5.41, 5.74) is 7.30. The lowest BCUT2D eigenvalue weighted by Crippen LogP contribution is -2.26. The standard InChI is InChI=1S/C24H26N4O/c1-16-9-11-19(12-10-16)15-27(4)23(29)14-13-20-17(2)25-24-21-7-5-6-8-22(21)26-28(24)18(20)3/h5-12H,13-15H2,1-4H3. The maximum absolute atomic E-state index is 12.7. The van der Waals surface area contributed by atoms with Gasteiger partial charge in [0.25, 0.3) is 0 Å². The Kier molecular flexibility index (Phi) is 5.05. The molecule has 4 rings (SSSR count). The SMILES string of the molecule is Cc1ccc(CN(C)C(=O)CCc2c(C)nc3c4ccccc4nn3c2C)cc1. The predicted octanol–water partition coefficient (Wildman–Crippen LogP) is 4.40. The first-order valence-electron chi connectivity index (χ1n) is 9.97. The summed E-state index contributed by atoms with van der Waals surface area (Å²) in [6.45, 7) is 6.77. The normalized spacial score (nSPS) is 11.3. The van der Waals surface area contributed by atoms with Crippen LogP contribution < -0.4 is 0 Å². The lowest BCUT2D eigenvalue weighted by atomic mass is 10.1. The highest BCUT2D eigenvalue weighted by atomic mass is 16.2. The smallest absolute Gasteiger partial charge is 0.222 e. The number of benzene rings is 2. The van der Waals surface area contributed by atoms with Crippen molar-refractivity contribution in [2.24, 2.45) is 0 Å². The Hall–Kier alpha value is -3.21. The molecule has 148 valence electrons. The van der Waals surface area contributed by atoms with Crippen LogP contribution in [0.2, 0.25) is 0 Å². The van der Waals surface area contributed by atoms with Gasteiger partial charge in [0.05, 0.1) is 5.52 Å². The topological polar surface area (TPSA) is 50.5 Å². The van der Waals surface area contributed by atoms with E-state index in [2.05, 4.69) is 38.1 Å². The van der Waals surface area contributed by atoms with E-state index < -0.39 is 0 Å². The van der Waals surface area contributed by atoms with Crippen LogP contribution in [-0.4, -0.2) is 32.5 Å². The van der Waals surface area contributed by atoms with Gasteiger partial charge in [-0.2, -0.15) is 5.10 Å². The second-order valence-electron chi connectivity index (χ2n) is 7.75. The first-order valence-corrected chi connectivity index (χ1v) is 9.97. The van der Waals surface area contributed by atoms with Gasteiger partial charge in [0.2, 0.25) is 5.91 Å². The molecule has 5 nitrogen and oxygen atoms in total. The summed E-state index contributed by atoms with van der Waals surface area (Å²) >= 11 is 0. The van der Waals surface area contributed by atoms with Crippen LogP contribution in [0.4, 0.5) is 0 Å². The summed E-state index contributed by atoms with van der Waals surface area (Å²) in [6.07, 6.45) is 1.12. The van der Waals surface area contributed by atoms with E-state index in [9.17, 15) is 4.79 Å². The van der Waals surface area contributed by atoms with Crippen molar-refractivity contribution in [1.29, 1.82) is 0 Å². The van der Waals surface area contributed by atoms with Crippen LogP contribution in [0, 0.1) is 20.8 Å². The van der Waals surface area contributed by atoms with Crippen LogP contribution in [0.1, 0.15) is 34.5 Å². The van der Waals surface area contributed by atoms with Crippen molar-refractivity contribution >= 4 is 22.5 Å². The molecule has 0 saturated carbocycles. The van der Waals surface area contributed by atoms with Gasteiger partial charge in [-0.1, -0.05) is 42.0 Å². The molecule has 0 fully saturated rings. The number of carbonyl (C=O) groups is 1. The third-order valence-corrected chi connectivity index (χ3v) is 5.57. The summed E-state index contributed by atoms with van der Waals surface area (Å²) in [7, 11) is 1.86. The van der Waals surface area contributed by atoms with E-state index in [0.29, 0.717) is 19.4 Å². The third kappa shape index (κ3) is 3.73. The van der Waals surface area contributed by atoms with Gasteiger partial charge >= 0.3 is 0 Å². The van der Waals surface area contributed by atoms with Crippen LogP contribution in [-0.2, 0) is 17.8 Å². The monoisotopic (exact) mass is 386 g/mol. The minimum atomic E-state index is 0.134. The maximum Gasteiger partial charge on any atom is 0.222 e. The zero-order valence-electron chi connectivity index (χ0n) is 17.4. The number of rotatable bonds is 5. The number of aryl methyl sites for hydroxylation is 3. The van der Waals surface area contributed by atoms with Gasteiger partial charge < -0.3 is 4.90 Å². The average molecular weight is 386 g/mol. The first-order chi connectivity index (χ1) is 13.9.